The van der Waals surface area contributed by atoms with Gasteiger partial charge in [-0.2, -0.15) is 0 Å². The number of terminal acetylenes is 1. The Labute approximate surface area is 81.5 Å². The summed E-state index contributed by atoms with van der Waals surface area (Å²) in [5.74, 6) is 2.71. The van der Waals surface area contributed by atoms with Gasteiger partial charge in [-0.15, -0.1) is 6.42 Å². The van der Waals surface area contributed by atoms with Crippen molar-refractivity contribution in [1.29, 1.82) is 0 Å². The van der Waals surface area contributed by atoms with Crippen LogP contribution in [0.5, 0.6) is 0 Å². The average Bonchev–Trinajstić information content (AvgIpc) is 2.87. The predicted molar refractivity (Wildman–Crippen MR) is 56.3 cm³/mol. The van der Waals surface area contributed by atoms with Crippen LogP contribution in [0.15, 0.2) is 0 Å². The largest absolute Gasteiger partial charge is 0.330 e. The van der Waals surface area contributed by atoms with Crippen LogP contribution in [0, 0.1) is 17.8 Å². The van der Waals surface area contributed by atoms with E-state index >= 15 is 0 Å². The molecule has 0 amide bonds. The molecule has 1 fully saturated rings. The molecule has 0 aromatic rings. The van der Waals surface area contributed by atoms with Crippen LogP contribution >= 0.6 is 0 Å². The Balaban J connectivity index is 2.34. The topological polar surface area (TPSA) is 29.3 Å². The van der Waals surface area contributed by atoms with Gasteiger partial charge in [0, 0.05) is 6.54 Å². The summed E-state index contributed by atoms with van der Waals surface area (Å²) in [7, 11) is 0. The van der Waals surface area contributed by atoms with Gasteiger partial charge in [0.1, 0.15) is 0 Å². The van der Waals surface area contributed by atoms with Gasteiger partial charge in [-0.3, -0.25) is 4.90 Å². The van der Waals surface area contributed by atoms with Crippen molar-refractivity contribution in [3.05, 3.63) is 0 Å². The van der Waals surface area contributed by atoms with Crippen LogP contribution in [0.3, 0.4) is 0 Å². The van der Waals surface area contributed by atoms with Gasteiger partial charge >= 0.3 is 0 Å². The fourth-order valence-electron chi connectivity index (χ4n) is 1.74. The first-order chi connectivity index (χ1) is 6.26. The quantitative estimate of drug-likeness (QED) is 0.620. The van der Waals surface area contributed by atoms with E-state index in [9.17, 15) is 0 Å². The molecule has 2 nitrogen and oxygen atoms in total. The first kappa shape index (κ1) is 10.6. The van der Waals surface area contributed by atoms with Crippen LogP contribution < -0.4 is 5.73 Å². The lowest BCUT2D eigenvalue weighted by molar-refractivity contribution is 0.246. The molecule has 1 aliphatic rings. The van der Waals surface area contributed by atoms with Gasteiger partial charge in [-0.1, -0.05) is 12.8 Å². The van der Waals surface area contributed by atoms with E-state index in [1.54, 1.807) is 0 Å². The molecule has 1 saturated carbocycles. The van der Waals surface area contributed by atoms with Crippen molar-refractivity contribution in [3.63, 3.8) is 0 Å². The van der Waals surface area contributed by atoms with Gasteiger partial charge in [0.2, 0.25) is 0 Å². The van der Waals surface area contributed by atoms with Crippen molar-refractivity contribution in [2.45, 2.75) is 26.2 Å². The summed E-state index contributed by atoms with van der Waals surface area (Å²) in [6, 6.07) is 0. The standard InChI is InChI=1S/C11H20N2/c1-3-7-13(8-4-2)10-11(9-12)5-6-11/h1H,4-10,12H2,2H3. The van der Waals surface area contributed by atoms with Gasteiger partial charge in [-0.25, -0.2) is 0 Å². The van der Waals surface area contributed by atoms with E-state index in [4.69, 9.17) is 12.2 Å². The van der Waals surface area contributed by atoms with Crippen molar-refractivity contribution in [1.82, 2.24) is 4.90 Å². The fraction of sp³-hybridized carbons (Fsp3) is 0.818. The predicted octanol–water partition coefficient (Wildman–Crippen LogP) is 1.07. The van der Waals surface area contributed by atoms with Gasteiger partial charge in [0.25, 0.3) is 0 Å². The molecule has 0 heterocycles. The van der Waals surface area contributed by atoms with Gasteiger partial charge in [-0.05, 0) is 37.8 Å². The Bertz CT molecular complexity index is 189. The van der Waals surface area contributed by atoms with E-state index in [1.807, 2.05) is 0 Å². The Hall–Kier alpha value is -0.520. The molecule has 1 aliphatic carbocycles. The third-order valence-corrected chi connectivity index (χ3v) is 2.80. The lowest BCUT2D eigenvalue weighted by Gasteiger charge is -2.24. The van der Waals surface area contributed by atoms with E-state index in [-0.39, 0.29) is 0 Å². The molecule has 0 atom stereocenters. The minimum atomic E-state index is 0.423. The highest BCUT2D eigenvalue weighted by Crippen LogP contribution is 2.44. The van der Waals surface area contributed by atoms with E-state index in [1.165, 1.54) is 19.3 Å². The highest BCUT2D eigenvalue weighted by molar-refractivity contribution is 4.98. The van der Waals surface area contributed by atoms with E-state index in [0.29, 0.717) is 5.41 Å². The van der Waals surface area contributed by atoms with Crippen LogP contribution in [0.4, 0.5) is 0 Å². The first-order valence-electron chi connectivity index (χ1n) is 5.12. The third kappa shape index (κ3) is 3.02. The van der Waals surface area contributed by atoms with E-state index in [0.717, 1.165) is 26.2 Å². The summed E-state index contributed by atoms with van der Waals surface area (Å²) in [6.07, 6.45) is 9.06. The maximum absolute atomic E-state index is 5.73. The molecule has 2 N–H and O–H groups in total. The lowest BCUT2D eigenvalue weighted by atomic mass is 10.1. The van der Waals surface area contributed by atoms with Crippen LogP contribution in [-0.4, -0.2) is 31.1 Å². The van der Waals surface area contributed by atoms with Crippen LogP contribution in [0.2, 0.25) is 0 Å². The molecule has 0 radical (unpaired) electrons. The summed E-state index contributed by atoms with van der Waals surface area (Å²) in [5, 5.41) is 0. The summed E-state index contributed by atoms with van der Waals surface area (Å²) in [5.41, 5.74) is 6.15. The van der Waals surface area contributed by atoms with E-state index in [2.05, 4.69) is 17.7 Å². The maximum atomic E-state index is 5.73. The SMILES string of the molecule is C#CCN(CCC)CC1(CN)CC1. The molecule has 74 valence electrons. The lowest BCUT2D eigenvalue weighted by Crippen LogP contribution is -2.35. The normalized spacial score (nSPS) is 18.6. The Kier molecular flexibility index (Phi) is 3.77. The maximum Gasteiger partial charge on any atom is 0.0599 e. The van der Waals surface area contributed by atoms with Gasteiger partial charge in [0.05, 0.1) is 6.54 Å². The van der Waals surface area contributed by atoms with E-state index < -0.39 is 0 Å². The molecule has 0 saturated heterocycles. The van der Waals surface area contributed by atoms with Crippen molar-refractivity contribution < 1.29 is 0 Å². The molecule has 0 bridgehead atoms. The second-order valence-corrected chi connectivity index (χ2v) is 4.12. The minimum absolute atomic E-state index is 0.423. The number of nitrogens with two attached hydrogens (primary N) is 1. The van der Waals surface area contributed by atoms with Gasteiger partial charge in [0.15, 0.2) is 0 Å². The summed E-state index contributed by atoms with van der Waals surface area (Å²) in [6.45, 7) is 5.98. The molecule has 1 rings (SSSR count). The molecule has 0 spiro atoms. The van der Waals surface area contributed by atoms with Crippen molar-refractivity contribution in [2.24, 2.45) is 11.1 Å². The Morgan fingerprint density at radius 3 is 2.62 bits per heavy atom. The highest BCUT2D eigenvalue weighted by atomic mass is 15.1. The van der Waals surface area contributed by atoms with Crippen LogP contribution in [0.25, 0.3) is 0 Å². The van der Waals surface area contributed by atoms with Crippen molar-refractivity contribution in [2.75, 3.05) is 26.2 Å². The third-order valence-electron chi connectivity index (χ3n) is 2.80. The number of nitrogens with zero attached hydrogens (tertiary/aromatic N) is 1. The fourth-order valence-corrected chi connectivity index (χ4v) is 1.74. The molecule has 2 heteroatoms. The summed E-state index contributed by atoms with van der Waals surface area (Å²) in [4.78, 5) is 2.35. The zero-order valence-electron chi connectivity index (χ0n) is 8.55. The Morgan fingerprint density at radius 1 is 1.54 bits per heavy atom. The van der Waals surface area contributed by atoms with Crippen LogP contribution in [-0.2, 0) is 0 Å². The van der Waals surface area contributed by atoms with Gasteiger partial charge < -0.3 is 5.73 Å². The molecular formula is C11H20N2. The molecule has 0 aliphatic heterocycles. The number of rotatable bonds is 6. The van der Waals surface area contributed by atoms with Crippen LogP contribution in [0.1, 0.15) is 26.2 Å². The van der Waals surface area contributed by atoms with Crippen molar-refractivity contribution >= 4 is 0 Å². The van der Waals surface area contributed by atoms with Crippen molar-refractivity contribution in [3.8, 4) is 12.3 Å². The zero-order chi connectivity index (χ0) is 9.73. The number of hydrogen-bond acceptors (Lipinski definition) is 2. The minimum Gasteiger partial charge on any atom is -0.330 e. The summed E-state index contributed by atoms with van der Waals surface area (Å²) < 4.78 is 0. The Morgan fingerprint density at radius 2 is 2.23 bits per heavy atom. The second-order valence-electron chi connectivity index (χ2n) is 4.12. The smallest absolute Gasteiger partial charge is 0.0599 e. The monoisotopic (exact) mass is 180 g/mol. The molecule has 13 heavy (non-hydrogen) atoms. The second kappa shape index (κ2) is 4.64. The highest BCUT2D eigenvalue weighted by Gasteiger charge is 2.42. The first-order valence-corrected chi connectivity index (χ1v) is 5.12. The zero-order valence-corrected chi connectivity index (χ0v) is 8.55. The molecule has 0 unspecified atom stereocenters. The average molecular weight is 180 g/mol. The molecule has 0 aromatic heterocycles. The molecular weight excluding hydrogens is 160 g/mol. The summed E-state index contributed by atoms with van der Waals surface area (Å²) >= 11 is 0. The number of hydrogen-bond donors (Lipinski definition) is 1. The molecule has 0 aromatic carbocycles.